The highest BCUT2D eigenvalue weighted by molar-refractivity contribution is 4.73. The summed E-state index contributed by atoms with van der Waals surface area (Å²) in [4.78, 5) is 2.30. The lowest BCUT2D eigenvalue weighted by molar-refractivity contribution is 0.314. The molecule has 0 aromatic heterocycles. The van der Waals surface area contributed by atoms with Gasteiger partial charge in [-0.25, -0.2) is 0 Å². The van der Waals surface area contributed by atoms with E-state index in [0.717, 1.165) is 26.1 Å². The van der Waals surface area contributed by atoms with Gasteiger partial charge in [0.25, 0.3) is 0 Å². The minimum atomic E-state index is -0.128. The fourth-order valence-corrected chi connectivity index (χ4v) is 1.33. The van der Waals surface area contributed by atoms with E-state index in [0.29, 0.717) is 5.92 Å². The van der Waals surface area contributed by atoms with E-state index in [1.807, 2.05) is 13.8 Å². The van der Waals surface area contributed by atoms with Crippen LogP contribution in [0.1, 0.15) is 27.2 Å². The van der Waals surface area contributed by atoms with Crippen LogP contribution >= 0.6 is 0 Å². The third-order valence-corrected chi connectivity index (χ3v) is 2.04. The van der Waals surface area contributed by atoms with Crippen molar-refractivity contribution in [1.29, 1.82) is 0 Å². The molecule has 68 valence electrons. The molecule has 1 fully saturated rings. The molecule has 0 bridgehead atoms. The Hall–Kier alpha value is -0.110. The fourth-order valence-electron chi connectivity index (χ4n) is 1.33. The van der Waals surface area contributed by atoms with E-state index in [4.69, 9.17) is 0 Å². The Kier molecular flexibility index (Phi) is 6.52. The number of likely N-dealkylation sites (tertiary alicyclic amines) is 1. The minimum Gasteiger partial charge on any atom is -0.303 e. The zero-order chi connectivity index (χ0) is 8.69. The smallest absolute Gasteiger partial charge is 0.0935 e. The van der Waals surface area contributed by atoms with E-state index in [-0.39, 0.29) is 6.67 Å². The van der Waals surface area contributed by atoms with Crippen LogP contribution in [-0.4, -0.2) is 31.2 Å². The standard InChI is InChI=1S/C7H14FN.C2H6/c1-2-9-4-3-7(5-8)6-9;1-2/h7H,2-6H2,1H3;1-2H3. The number of hydrogen-bond acceptors (Lipinski definition) is 1. The highest BCUT2D eigenvalue weighted by atomic mass is 19.1. The summed E-state index contributed by atoms with van der Waals surface area (Å²) in [5, 5.41) is 0. The zero-order valence-electron chi connectivity index (χ0n) is 7.94. The second-order valence-electron chi connectivity index (χ2n) is 2.70. The largest absolute Gasteiger partial charge is 0.303 e. The van der Waals surface area contributed by atoms with Crippen LogP contribution in [0, 0.1) is 5.92 Å². The highest BCUT2D eigenvalue weighted by Crippen LogP contribution is 2.15. The van der Waals surface area contributed by atoms with E-state index >= 15 is 0 Å². The number of hydrogen-bond donors (Lipinski definition) is 0. The van der Waals surface area contributed by atoms with Gasteiger partial charge in [0.05, 0.1) is 6.67 Å². The number of nitrogens with zero attached hydrogens (tertiary/aromatic N) is 1. The predicted molar refractivity (Wildman–Crippen MR) is 47.5 cm³/mol. The van der Waals surface area contributed by atoms with E-state index in [2.05, 4.69) is 11.8 Å². The molecule has 0 aromatic carbocycles. The summed E-state index contributed by atoms with van der Waals surface area (Å²) in [7, 11) is 0. The van der Waals surface area contributed by atoms with Gasteiger partial charge < -0.3 is 4.90 Å². The van der Waals surface area contributed by atoms with Crippen molar-refractivity contribution in [2.45, 2.75) is 27.2 Å². The molecule has 1 aliphatic heterocycles. The van der Waals surface area contributed by atoms with Crippen molar-refractivity contribution in [2.24, 2.45) is 5.92 Å². The molecule has 0 N–H and O–H groups in total. The summed E-state index contributed by atoms with van der Waals surface area (Å²) in [6, 6.07) is 0. The second kappa shape index (κ2) is 6.59. The van der Waals surface area contributed by atoms with Crippen LogP contribution in [0.4, 0.5) is 4.39 Å². The Morgan fingerprint density at radius 2 is 2.09 bits per heavy atom. The van der Waals surface area contributed by atoms with Crippen LogP contribution < -0.4 is 0 Å². The van der Waals surface area contributed by atoms with Crippen molar-refractivity contribution in [1.82, 2.24) is 4.90 Å². The first-order valence-electron chi connectivity index (χ1n) is 4.65. The average Bonchev–Trinajstić information content (AvgIpc) is 2.55. The van der Waals surface area contributed by atoms with Crippen molar-refractivity contribution in [3.63, 3.8) is 0 Å². The lowest BCUT2D eigenvalue weighted by Gasteiger charge is -2.10. The maximum absolute atomic E-state index is 12.0. The van der Waals surface area contributed by atoms with Crippen LogP contribution in [-0.2, 0) is 0 Å². The molecule has 1 aliphatic rings. The molecule has 11 heavy (non-hydrogen) atoms. The first kappa shape index (κ1) is 10.9. The molecule has 0 spiro atoms. The molecule has 1 nitrogen and oxygen atoms in total. The second-order valence-corrected chi connectivity index (χ2v) is 2.70. The molecule has 0 amide bonds. The quantitative estimate of drug-likeness (QED) is 0.601. The topological polar surface area (TPSA) is 3.24 Å². The first-order valence-corrected chi connectivity index (χ1v) is 4.65. The maximum Gasteiger partial charge on any atom is 0.0935 e. The van der Waals surface area contributed by atoms with E-state index in [9.17, 15) is 4.39 Å². The monoisotopic (exact) mass is 161 g/mol. The molecular formula is C9H20FN. The Morgan fingerprint density at radius 1 is 1.45 bits per heavy atom. The molecule has 1 unspecified atom stereocenters. The van der Waals surface area contributed by atoms with Gasteiger partial charge in [-0.3, -0.25) is 4.39 Å². The molecule has 1 atom stereocenters. The van der Waals surface area contributed by atoms with Crippen molar-refractivity contribution in [3.05, 3.63) is 0 Å². The van der Waals surface area contributed by atoms with Gasteiger partial charge in [-0.05, 0) is 19.5 Å². The summed E-state index contributed by atoms with van der Waals surface area (Å²) in [6.07, 6.45) is 1.06. The maximum atomic E-state index is 12.0. The van der Waals surface area contributed by atoms with Gasteiger partial charge in [0.2, 0.25) is 0 Å². The van der Waals surface area contributed by atoms with Gasteiger partial charge in [-0.2, -0.15) is 0 Å². The number of alkyl halides is 1. The van der Waals surface area contributed by atoms with Crippen molar-refractivity contribution < 1.29 is 4.39 Å². The third kappa shape index (κ3) is 3.71. The van der Waals surface area contributed by atoms with Gasteiger partial charge in [-0.1, -0.05) is 20.8 Å². The fraction of sp³-hybridized carbons (Fsp3) is 1.00. The highest BCUT2D eigenvalue weighted by Gasteiger charge is 2.20. The van der Waals surface area contributed by atoms with Crippen LogP contribution in [0.5, 0.6) is 0 Å². The molecule has 0 radical (unpaired) electrons. The van der Waals surface area contributed by atoms with Gasteiger partial charge in [0.15, 0.2) is 0 Å². The molecule has 2 heteroatoms. The normalized spacial score (nSPS) is 24.5. The third-order valence-electron chi connectivity index (χ3n) is 2.04. The van der Waals surface area contributed by atoms with Crippen molar-refractivity contribution in [2.75, 3.05) is 26.3 Å². The Morgan fingerprint density at radius 3 is 2.36 bits per heavy atom. The molecule has 1 heterocycles. The minimum absolute atomic E-state index is 0.128. The Bertz CT molecular complexity index is 75.6. The molecule has 0 aromatic rings. The van der Waals surface area contributed by atoms with E-state index in [1.165, 1.54) is 0 Å². The van der Waals surface area contributed by atoms with Crippen LogP contribution in [0.2, 0.25) is 0 Å². The summed E-state index contributed by atoms with van der Waals surface area (Å²) >= 11 is 0. The summed E-state index contributed by atoms with van der Waals surface area (Å²) in [5.41, 5.74) is 0. The first-order chi connectivity index (χ1) is 5.36. The molecule has 0 aliphatic carbocycles. The Labute approximate surface area is 69.6 Å². The molecular weight excluding hydrogens is 141 g/mol. The SMILES string of the molecule is CC.CCN1CCC(CF)C1. The number of halogens is 1. The van der Waals surface area contributed by atoms with Crippen molar-refractivity contribution >= 4 is 0 Å². The Balaban J connectivity index is 0.000000461. The number of rotatable bonds is 2. The van der Waals surface area contributed by atoms with Gasteiger partial charge in [0.1, 0.15) is 0 Å². The van der Waals surface area contributed by atoms with Crippen LogP contribution in [0.15, 0.2) is 0 Å². The van der Waals surface area contributed by atoms with Crippen molar-refractivity contribution in [3.8, 4) is 0 Å². The van der Waals surface area contributed by atoms with Gasteiger partial charge in [-0.15, -0.1) is 0 Å². The molecule has 1 rings (SSSR count). The summed E-state index contributed by atoms with van der Waals surface area (Å²) < 4.78 is 12.0. The lowest BCUT2D eigenvalue weighted by atomic mass is 10.1. The van der Waals surface area contributed by atoms with Gasteiger partial charge >= 0.3 is 0 Å². The van der Waals surface area contributed by atoms with Crippen LogP contribution in [0.3, 0.4) is 0 Å². The van der Waals surface area contributed by atoms with Gasteiger partial charge in [0, 0.05) is 12.5 Å². The summed E-state index contributed by atoms with van der Waals surface area (Å²) in [5.74, 6) is 0.338. The lowest BCUT2D eigenvalue weighted by Crippen LogP contribution is -2.20. The van der Waals surface area contributed by atoms with E-state index in [1.54, 1.807) is 0 Å². The predicted octanol–water partition coefficient (Wildman–Crippen LogP) is 2.32. The molecule has 1 saturated heterocycles. The summed E-state index contributed by atoms with van der Waals surface area (Å²) in [6.45, 7) is 9.16. The average molecular weight is 161 g/mol. The van der Waals surface area contributed by atoms with E-state index < -0.39 is 0 Å². The molecule has 0 saturated carbocycles. The van der Waals surface area contributed by atoms with Crippen LogP contribution in [0.25, 0.3) is 0 Å². The zero-order valence-corrected chi connectivity index (χ0v) is 7.94.